The zero-order valence-corrected chi connectivity index (χ0v) is 7.80. The van der Waals surface area contributed by atoms with E-state index in [1.807, 2.05) is 31.2 Å². The van der Waals surface area contributed by atoms with Crippen molar-refractivity contribution in [3.8, 4) is 0 Å². The van der Waals surface area contributed by atoms with Crippen LogP contribution in [0.1, 0.15) is 12.5 Å². The molecule has 0 aromatic heterocycles. The highest BCUT2D eigenvalue weighted by molar-refractivity contribution is 9.10. The van der Waals surface area contributed by atoms with Crippen molar-refractivity contribution in [2.24, 2.45) is 10.9 Å². The molecule has 0 aliphatic rings. The highest BCUT2D eigenvalue weighted by Gasteiger charge is 1.99. The predicted molar refractivity (Wildman–Crippen MR) is 50.5 cm³/mol. The molecule has 1 aromatic carbocycles. The first-order valence-corrected chi connectivity index (χ1v) is 4.04. The summed E-state index contributed by atoms with van der Waals surface area (Å²) in [6.07, 6.45) is 0. The molecule has 2 nitrogen and oxygen atoms in total. The molecular weight excluding hydrogens is 204 g/mol. The van der Waals surface area contributed by atoms with Crippen LogP contribution in [0.25, 0.3) is 0 Å². The largest absolute Gasteiger partial charge is 0.323 e. The van der Waals surface area contributed by atoms with E-state index in [1.54, 1.807) is 0 Å². The van der Waals surface area contributed by atoms with E-state index >= 15 is 0 Å². The normalized spacial score (nSPS) is 11.6. The molecule has 1 rings (SSSR count). The summed E-state index contributed by atoms with van der Waals surface area (Å²) in [4.78, 5) is 0. The minimum Gasteiger partial charge on any atom is -0.323 e. The average Bonchev–Trinajstić information content (AvgIpc) is 2.04. The number of hydrazone groups is 1. The number of benzene rings is 1. The van der Waals surface area contributed by atoms with E-state index in [4.69, 9.17) is 5.84 Å². The number of hydrogen-bond acceptors (Lipinski definition) is 2. The van der Waals surface area contributed by atoms with Crippen LogP contribution in [0.15, 0.2) is 33.8 Å². The molecule has 1 aromatic rings. The summed E-state index contributed by atoms with van der Waals surface area (Å²) in [6, 6.07) is 7.84. The van der Waals surface area contributed by atoms with Crippen molar-refractivity contribution in [2.75, 3.05) is 0 Å². The van der Waals surface area contributed by atoms with Crippen LogP contribution in [0.5, 0.6) is 0 Å². The molecule has 11 heavy (non-hydrogen) atoms. The van der Waals surface area contributed by atoms with Gasteiger partial charge in [0, 0.05) is 10.0 Å². The molecule has 0 spiro atoms. The smallest absolute Gasteiger partial charge is 0.0653 e. The van der Waals surface area contributed by atoms with Crippen molar-refractivity contribution >= 4 is 21.6 Å². The Morgan fingerprint density at radius 2 is 2.09 bits per heavy atom. The molecule has 2 N–H and O–H groups in total. The SMILES string of the molecule is C/C(=N/N)c1ccccc1Br. The van der Waals surface area contributed by atoms with Crippen molar-refractivity contribution in [1.82, 2.24) is 0 Å². The second-order valence-electron chi connectivity index (χ2n) is 2.19. The summed E-state index contributed by atoms with van der Waals surface area (Å²) >= 11 is 3.40. The first-order chi connectivity index (χ1) is 5.25. The number of hydrogen-bond donors (Lipinski definition) is 1. The number of rotatable bonds is 1. The maximum atomic E-state index is 5.14. The molecule has 0 bridgehead atoms. The zero-order chi connectivity index (χ0) is 8.27. The Bertz CT molecular complexity index is 281. The molecule has 3 heteroatoms. The van der Waals surface area contributed by atoms with E-state index in [2.05, 4.69) is 21.0 Å². The van der Waals surface area contributed by atoms with Gasteiger partial charge in [-0.05, 0) is 13.0 Å². The molecule has 0 unspecified atom stereocenters. The third kappa shape index (κ3) is 1.80. The van der Waals surface area contributed by atoms with Crippen LogP contribution in [0.3, 0.4) is 0 Å². The van der Waals surface area contributed by atoms with Gasteiger partial charge in [0.25, 0.3) is 0 Å². The van der Waals surface area contributed by atoms with Gasteiger partial charge in [0.05, 0.1) is 5.71 Å². The lowest BCUT2D eigenvalue weighted by Gasteiger charge is -2.00. The van der Waals surface area contributed by atoms with Crippen molar-refractivity contribution in [1.29, 1.82) is 0 Å². The van der Waals surface area contributed by atoms with Gasteiger partial charge in [-0.2, -0.15) is 5.10 Å². The fourth-order valence-corrected chi connectivity index (χ4v) is 1.40. The van der Waals surface area contributed by atoms with E-state index in [0.717, 1.165) is 15.7 Å². The molecule has 0 heterocycles. The predicted octanol–water partition coefficient (Wildman–Crippen LogP) is 2.13. The molecule has 0 saturated carbocycles. The lowest BCUT2D eigenvalue weighted by Crippen LogP contribution is -1.98. The van der Waals surface area contributed by atoms with Crippen LogP contribution in [-0.4, -0.2) is 5.71 Å². The fraction of sp³-hybridized carbons (Fsp3) is 0.125. The summed E-state index contributed by atoms with van der Waals surface area (Å²) < 4.78 is 1.02. The topological polar surface area (TPSA) is 38.4 Å². The number of nitrogens with two attached hydrogens (primary N) is 1. The van der Waals surface area contributed by atoms with E-state index in [-0.39, 0.29) is 0 Å². The Morgan fingerprint density at radius 1 is 1.45 bits per heavy atom. The van der Waals surface area contributed by atoms with E-state index < -0.39 is 0 Å². The Hall–Kier alpha value is -0.830. The minimum absolute atomic E-state index is 0.831. The Balaban J connectivity index is 3.14. The van der Waals surface area contributed by atoms with Crippen molar-refractivity contribution < 1.29 is 0 Å². The second-order valence-corrected chi connectivity index (χ2v) is 3.05. The maximum Gasteiger partial charge on any atom is 0.0653 e. The molecule has 0 aliphatic carbocycles. The number of halogens is 1. The fourth-order valence-electron chi connectivity index (χ4n) is 0.824. The van der Waals surface area contributed by atoms with Gasteiger partial charge in [0.15, 0.2) is 0 Å². The third-order valence-electron chi connectivity index (χ3n) is 1.46. The van der Waals surface area contributed by atoms with Crippen molar-refractivity contribution in [3.63, 3.8) is 0 Å². The van der Waals surface area contributed by atoms with E-state index in [1.165, 1.54) is 0 Å². The zero-order valence-electron chi connectivity index (χ0n) is 6.21. The molecule has 58 valence electrons. The van der Waals surface area contributed by atoms with E-state index in [0.29, 0.717) is 0 Å². The molecule has 0 radical (unpaired) electrons. The molecule has 0 atom stereocenters. The van der Waals surface area contributed by atoms with Gasteiger partial charge in [-0.1, -0.05) is 34.1 Å². The second kappa shape index (κ2) is 3.53. The van der Waals surface area contributed by atoms with Gasteiger partial charge in [0.2, 0.25) is 0 Å². The highest BCUT2D eigenvalue weighted by atomic mass is 79.9. The van der Waals surface area contributed by atoms with Gasteiger partial charge >= 0.3 is 0 Å². The average molecular weight is 213 g/mol. The van der Waals surface area contributed by atoms with Crippen LogP contribution >= 0.6 is 15.9 Å². The van der Waals surface area contributed by atoms with Gasteiger partial charge in [-0.3, -0.25) is 0 Å². The summed E-state index contributed by atoms with van der Waals surface area (Å²) in [7, 11) is 0. The highest BCUT2D eigenvalue weighted by Crippen LogP contribution is 2.15. The van der Waals surface area contributed by atoms with Gasteiger partial charge in [-0.15, -0.1) is 0 Å². The number of nitrogens with zero attached hydrogens (tertiary/aromatic N) is 1. The monoisotopic (exact) mass is 212 g/mol. The quantitative estimate of drug-likeness (QED) is 0.433. The van der Waals surface area contributed by atoms with Crippen LogP contribution in [0, 0.1) is 0 Å². The minimum atomic E-state index is 0.831. The first-order valence-electron chi connectivity index (χ1n) is 3.25. The summed E-state index contributed by atoms with van der Waals surface area (Å²) in [5, 5.41) is 3.61. The molecule has 0 aliphatic heterocycles. The van der Waals surface area contributed by atoms with Crippen molar-refractivity contribution in [3.05, 3.63) is 34.3 Å². The molecule has 0 fully saturated rings. The maximum absolute atomic E-state index is 5.14. The van der Waals surface area contributed by atoms with Gasteiger partial charge in [-0.25, -0.2) is 0 Å². The van der Waals surface area contributed by atoms with E-state index in [9.17, 15) is 0 Å². The third-order valence-corrected chi connectivity index (χ3v) is 2.15. The molecule has 0 amide bonds. The lowest BCUT2D eigenvalue weighted by atomic mass is 10.1. The summed E-state index contributed by atoms with van der Waals surface area (Å²) in [5.41, 5.74) is 1.87. The summed E-state index contributed by atoms with van der Waals surface area (Å²) in [6.45, 7) is 1.88. The van der Waals surface area contributed by atoms with Crippen LogP contribution in [0.4, 0.5) is 0 Å². The van der Waals surface area contributed by atoms with Gasteiger partial charge < -0.3 is 5.84 Å². The molecular formula is C8H9BrN2. The Labute approximate surface area is 74.2 Å². The lowest BCUT2D eigenvalue weighted by molar-refractivity contribution is 1.23. The van der Waals surface area contributed by atoms with Gasteiger partial charge in [0.1, 0.15) is 0 Å². The Morgan fingerprint density at radius 3 is 2.64 bits per heavy atom. The van der Waals surface area contributed by atoms with Crippen molar-refractivity contribution in [2.45, 2.75) is 6.92 Å². The standard InChI is InChI=1S/C8H9BrN2/c1-6(11-10)7-4-2-3-5-8(7)9/h2-5H,10H2,1H3/b11-6-. The summed E-state index contributed by atoms with van der Waals surface area (Å²) in [5.74, 6) is 5.14. The van der Waals surface area contributed by atoms with Crippen LogP contribution in [0.2, 0.25) is 0 Å². The first kappa shape index (κ1) is 8.27. The van der Waals surface area contributed by atoms with Crippen LogP contribution in [-0.2, 0) is 0 Å². The Kier molecular flexibility index (Phi) is 2.65. The molecule has 0 saturated heterocycles. The van der Waals surface area contributed by atoms with Crippen LogP contribution < -0.4 is 5.84 Å².